The number of fused-ring (bicyclic) bond motifs is 1. The van der Waals surface area contributed by atoms with E-state index in [2.05, 4.69) is 10.3 Å². The number of imidazole rings is 1. The van der Waals surface area contributed by atoms with Gasteiger partial charge >= 0.3 is 0 Å². The highest BCUT2D eigenvalue weighted by molar-refractivity contribution is 7.99. The van der Waals surface area contributed by atoms with Gasteiger partial charge in [-0.15, -0.1) is 0 Å². The van der Waals surface area contributed by atoms with Crippen molar-refractivity contribution < 1.29 is 13.2 Å². The van der Waals surface area contributed by atoms with E-state index in [-0.39, 0.29) is 21.4 Å². The van der Waals surface area contributed by atoms with Crippen LogP contribution in [0.25, 0.3) is 0 Å². The van der Waals surface area contributed by atoms with E-state index < -0.39 is 10.0 Å². The summed E-state index contributed by atoms with van der Waals surface area (Å²) >= 11 is 7.76. The van der Waals surface area contributed by atoms with Crippen molar-refractivity contribution in [1.82, 2.24) is 14.9 Å². The summed E-state index contributed by atoms with van der Waals surface area (Å²) in [7, 11) is -1.99. The number of carbonyl (C=O) groups excluding carboxylic acids is 1. The number of nitrogens with one attached hydrogen (secondary N) is 1. The molecule has 1 aliphatic heterocycles. The van der Waals surface area contributed by atoms with Gasteiger partial charge in [-0.25, -0.2) is 13.4 Å². The third-order valence-electron chi connectivity index (χ3n) is 5.00. The number of rotatable bonds is 7. The van der Waals surface area contributed by atoms with E-state index in [0.717, 1.165) is 10.7 Å². The van der Waals surface area contributed by atoms with Gasteiger partial charge in [0.15, 0.2) is 5.16 Å². The van der Waals surface area contributed by atoms with Crippen LogP contribution in [-0.4, -0.2) is 42.7 Å². The van der Waals surface area contributed by atoms with Crippen LogP contribution < -0.4 is 9.62 Å². The molecular weight excluding hydrogens is 456 g/mol. The highest BCUT2D eigenvalue weighted by Crippen LogP contribution is 2.35. The lowest BCUT2D eigenvalue weighted by molar-refractivity contribution is 0.0956. The van der Waals surface area contributed by atoms with Crippen LogP contribution in [0.2, 0.25) is 5.02 Å². The first-order valence-electron chi connectivity index (χ1n) is 9.66. The molecule has 3 aromatic rings. The third-order valence-corrected chi connectivity index (χ3v) is 8.36. The summed E-state index contributed by atoms with van der Waals surface area (Å²) < 4.78 is 29.9. The van der Waals surface area contributed by atoms with E-state index >= 15 is 0 Å². The minimum absolute atomic E-state index is 0.0686. The molecule has 1 aliphatic rings. The molecule has 0 spiro atoms. The zero-order valence-corrected chi connectivity index (χ0v) is 19.2. The zero-order chi connectivity index (χ0) is 22.0. The lowest BCUT2D eigenvalue weighted by Gasteiger charge is -2.20. The number of amides is 1. The Morgan fingerprint density at radius 3 is 2.84 bits per heavy atom. The second kappa shape index (κ2) is 8.94. The summed E-state index contributed by atoms with van der Waals surface area (Å²) in [6.45, 7) is 0.763. The van der Waals surface area contributed by atoms with Crippen LogP contribution in [-0.2, 0) is 23.5 Å². The number of benzene rings is 2. The first kappa shape index (κ1) is 21.7. The van der Waals surface area contributed by atoms with Crippen molar-refractivity contribution in [2.45, 2.75) is 16.5 Å². The number of thioether (sulfide) groups is 1. The van der Waals surface area contributed by atoms with Crippen molar-refractivity contribution in [3.8, 4) is 0 Å². The second-order valence-corrected chi connectivity index (χ2v) is 10.3. The minimum Gasteiger partial charge on any atom is -0.351 e. The molecule has 31 heavy (non-hydrogen) atoms. The van der Waals surface area contributed by atoms with Crippen molar-refractivity contribution >= 4 is 45.0 Å². The molecule has 2 heterocycles. The van der Waals surface area contributed by atoms with Crippen molar-refractivity contribution in [2.75, 3.05) is 23.1 Å². The van der Waals surface area contributed by atoms with Gasteiger partial charge in [0.25, 0.3) is 15.9 Å². The quantitative estimate of drug-likeness (QED) is 0.417. The van der Waals surface area contributed by atoms with Crippen LogP contribution in [0, 0.1) is 0 Å². The molecule has 10 heteroatoms. The fourth-order valence-corrected chi connectivity index (χ4v) is 6.21. The SMILES string of the molecule is Cn1ccnc1SCCNC(=O)c1ccc(Cl)c(S(=O)(=O)N2CCc3ccccc32)c1. The molecule has 1 N–H and O–H groups in total. The first-order chi connectivity index (χ1) is 14.9. The number of carbonyl (C=O) groups is 1. The summed E-state index contributed by atoms with van der Waals surface area (Å²) in [5.74, 6) is 0.287. The van der Waals surface area contributed by atoms with Crippen LogP contribution in [0.15, 0.2) is 64.9 Å². The van der Waals surface area contributed by atoms with Gasteiger partial charge in [0.05, 0.1) is 10.7 Å². The van der Waals surface area contributed by atoms with Crippen molar-refractivity contribution in [2.24, 2.45) is 7.05 Å². The normalized spacial score (nSPS) is 13.3. The lowest BCUT2D eigenvalue weighted by Crippen LogP contribution is -2.30. The maximum absolute atomic E-state index is 13.3. The molecule has 7 nitrogen and oxygen atoms in total. The Balaban J connectivity index is 1.48. The number of sulfonamides is 1. The van der Waals surface area contributed by atoms with Crippen LogP contribution in [0.3, 0.4) is 0 Å². The highest BCUT2D eigenvalue weighted by Gasteiger charge is 2.32. The molecule has 0 bridgehead atoms. The van der Waals surface area contributed by atoms with Crippen LogP contribution in [0.5, 0.6) is 0 Å². The number of aryl methyl sites for hydroxylation is 1. The molecule has 1 aromatic heterocycles. The van der Waals surface area contributed by atoms with Gasteiger partial charge in [-0.3, -0.25) is 9.10 Å². The number of hydrogen-bond donors (Lipinski definition) is 1. The number of hydrogen-bond acceptors (Lipinski definition) is 5. The number of aromatic nitrogens is 2. The Kier molecular flexibility index (Phi) is 6.27. The summed E-state index contributed by atoms with van der Waals surface area (Å²) in [6, 6.07) is 11.7. The smallest absolute Gasteiger partial charge is 0.265 e. The average Bonchev–Trinajstić information content (AvgIpc) is 3.37. The number of halogens is 1. The summed E-state index contributed by atoms with van der Waals surface area (Å²) in [5, 5.41) is 3.77. The standard InChI is InChI=1S/C21H21ClN4O3S2/c1-25-12-9-24-21(25)30-13-10-23-20(27)16-6-7-17(22)19(14-16)31(28,29)26-11-8-15-4-2-3-5-18(15)26/h2-7,9,12,14H,8,10-11,13H2,1H3,(H,23,27). The molecule has 1 amide bonds. The van der Waals surface area contributed by atoms with E-state index in [0.29, 0.717) is 31.0 Å². The molecular formula is C21H21ClN4O3S2. The molecule has 0 radical (unpaired) electrons. The monoisotopic (exact) mass is 476 g/mol. The predicted octanol–water partition coefficient (Wildman–Crippen LogP) is 3.35. The second-order valence-electron chi connectivity index (χ2n) is 7.03. The topological polar surface area (TPSA) is 84.3 Å². The Labute approximate surface area is 190 Å². The Morgan fingerprint density at radius 1 is 1.26 bits per heavy atom. The summed E-state index contributed by atoms with van der Waals surface area (Å²) in [4.78, 5) is 16.7. The summed E-state index contributed by atoms with van der Waals surface area (Å²) in [5.41, 5.74) is 1.87. The molecule has 0 unspecified atom stereocenters. The van der Waals surface area contributed by atoms with Gasteiger partial charge in [-0.05, 0) is 36.2 Å². The zero-order valence-electron chi connectivity index (χ0n) is 16.8. The first-order valence-corrected chi connectivity index (χ1v) is 12.5. The van der Waals surface area contributed by atoms with Gasteiger partial charge in [0.2, 0.25) is 0 Å². The molecule has 0 saturated heterocycles. The number of anilines is 1. The van der Waals surface area contributed by atoms with E-state index in [9.17, 15) is 13.2 Å². The molecule has 4 rings (SSSR count). The van der Waals surface area contributed by atoms with E-state index in [4.69, 9.17) is 11.6 Å². The third kappa shape index (κ3) is 4.44. The maximum Gasteiger partial charge on any atom is 0.265 e. The van der Waals surface area contributed by atoms with Crippen molar-refractivity contribution in [1.29, 1.82) is 0 Å². The van der Waals surface area contributed by atoms with Gasteiger partial charge in [-0.1, -0.05) is 41.6 Å². The molecule has 0 saturated carbocycles. The summed E-state index contributed by atoms with van der Waals surface area (Å²) in [6.07, 6.45) is 4.21. The van der Waals surface area contributed by atoms with Crippen molar-refractivity contribution in [3.05, 3.63) is 71.0 Å². The molecule has 0 aliphatic carbocycles. The fraction of sp³-hybridized carbons (Fsp3) is 0.238. The molecule has 162 valence electrons. The number of nitrogens with zero attached hydrogens (tertiary/aromatic N) is 3. The molecule has 0 fully saturated rings. The van der Waals surface area contributed by atoms with Gasteiger partial charge < -0.3 is 9.88 Å². The van der Waals surface area contributed by atoms with Gasteiger partial charge in [-0.2, -0.15) is 0 Å². The van der Waals surface area contributed by atoms with Crippen LogP contribution in [0.1, 0.15) is 15.9 Å². The average molecular weight is 477 g/mol. The minimum atomic E-state index is -3.89. The van der Waals surface area contributed by atoms with E-state index in [1.165, 1.54) is 34.3 Å². The number of para-hydroxylation sites is 1. The van der Waals surface area contributed by atoms with Gasteiger partial charge in [0.1, 0.15) is 4.90 Å². The molecule has 0 atom stereocenters. The lowest BCUT2D eigenvalue weighted by atomic mass is 10.2. The van der Waals surface area contributed by atoms with Crippen LogP contribution >= 0.6 is 23.4 Å². The highest BCUT2D eigenvalue weighted by atomic mass is 35.5. The van der Waals surface area contributed by atoms with E-state index in [1.807, 2.05) is 29.9 Å². The van der Waals surface area contributed by atoms with Gasteiger partial charge in [0, 0.05) is 43.8 Å². The van der Waals surface area contributed by atoms with Crippen LogP contribution in [0.4, 0.5) is 5.69 Å². The Bertz CT molecular complexity index is 1230. The Morgan fingerprint density at radius 2 is 2.06 bits per heavy atom. The maximum atomic E-state index is 13.3. The van der Waals surface area contributed by atoms with Crippen molar-refractivity contribution in [3.63, 3.8) is 0 Å². The Hall–Kier alpha value is -2.49. The molecule has 2 aromatic carbocycles. The van der Waals surface area contributed by atoms with E-state index in [1.54, 1.807) is 18.3 Å². The largest absolute Gasteiger partial charge is 0.351 e. The predicted molar refractivity (Wildman–Crippen MR) is 122 cm³/mol. The fourth-order valence-electron chi connectivity index (χ4n) is 3.42.